The van der Waals surface area contributed by atoms with Crippen molar-refractivity contribution < 1.29 is 17.9 Å². The Bertz CT molecular complexity index is 1020. The van der Waals surface area contributed by atoms with E-state index in [2.05, 4.69) is 9.82 Å². The number of rotatable bonds is 7. The second-order valence-electron chi connectivity index (χ2n) is 6.68. The summed E-state index contributed by atoms with van der Waals surface area (Å²) in [5, 5.41) is 6.12. The van der Waals surface area contributed by atoms with E-state index in [1.807, 2.05) is 43.3 Å². The first-order chi connectivity index (χ1) is 13.9. The SMILES string of the molecule is CCC(=O)N1N=C(c2ccc(NS(=O)(=O)CC)cc2)C[C@@H]1c1ccccc1OC. The Morgan fingerprint density at radius 3 is 2.48 bits per heavy atom. The van der Waals surface area contributed by atoms with Gasteiger partial charge in [-0.3, -0.25) is 9.52 Å². The van der Waals surface area contributed by atoms with Gasteiger partial charge in [-0.25, -0.2) is 13.4 Å². The smallest absolute Gasteiger partial charge is 0.242 e. The van der Waals surface area contributed by atoms with Gasteiger partial charge in [0.05, 0.1) is 24.6 Å². The van der Waals surface area contributed by atoms with Gasteiger partial charge in [0.25, 0.3) is 0 Å². The highest BCUT2D eigenvalue weighted by atomic mass is 32.2. The van der Waals surface area contributed by atoms with Gasteiger partial charge in [0.1, 0.15) is 5.75 Å². The number of carbonyl (C=O) groups is 1. The first-order valence-electron chi connectivity index (χ1n) is 9.52. The summed E-state index contributed by atoms with van der Waals surface area (Å²) in [6.45, 7) is 3.39. The van der Waals surface area contributed by atoms with Crippen molar-refractivity contribution in [2.75, 3.05) is 17.6 Å². The summed E-state index contributed by atoms with van der Waals surface area (Å²) in [5.41, 5.74) is 3.02. The standard InChI is InChI=1S/C21H25N3O4S/c1-4-21(25)24-19(17-8-6-7-9-20(17)28-3)14-18(22-24)15-10-12-16(13-11-15)23-29(26,27)5-2/h6-13,19,23H,4-5,14H2,1-3H3/t19-/m1/s1. The van der Waals surface area contributed by atoms with Crippen LogP contribution in [0.15, 0.2) is 53.6 Å². The molecule has 3 rings (SSSR count). The largest absolute Gasteiger partial charge is 0.496 e. The molecule has 0 spiro atoms. The lowest BCUT2D eigenvalue weighted by atomic mass is 9.97. The molecule has 0 bridgehead atoms. The highest BCUT2D eigenvalue weighted by Crippen LogP contribution is 2.37. The summed E-state index contributed by atoms with van der Waals surface area (Å²) in [6.07, 6.45) is 0.895. The number of carbonyl (C=O) groups excluding carboxylic acids is 1. The van der Waals surface area contributed by atoms with Crippen LogP contribution in [-0.4, -0.2) is 37.9 Å². The van der Waals surface area contributed by atoms with E-state index in [9.17, 15) is 13.2 Å². The molecule has 2 aromatic carbocycles. The number of ether oxygens (including phenoxy) is 1. The number of benzene rings is 2. The summed E-state index contributed by atoms with van der Waals surface area (Å²) in [5.74, 6) is 0.659. The van der Waals surface area contributed by atoms with Crippen molar-refractivity contribution in [1.82, 2.24) is 5.01 Å². The number of nitrogens with one attached hydrogen (secondary N) is 1. The highest BCUT2D eigenvalue weighted by molar-refractivity contribution is 7.92. The molecule has 1 N–H and O–H groups in total. The van der Waals surface area contributed by atoms with E-state index in [0.29, 0.717) is 24.3 Å². The minimum Gasteiger partial charge on any atom is -0.496 e. The number of hydrogen-bond acceptors (Lipinski definition) is 5. The lowest BCUT2D eigenvalue weighted by molar-refractivity contribution is -0.132. The summed E-state index contributed by atoms with van der Waals surface area (Å²) < 4.78 is 31.5. The number of para-hydroxylation sites is 1. The van der Waals surface area contributed by atoms with E-state index in [0.717, 1.165) is 16.8 Å². The molecule has 1 amide bonds. The molecule has 0 aromatic heterocycles. The molecule has 0 fully saturated rings. The Morgan fingerprint density at radius 2 is 1.86 bits per heavy atom. The second kappa shape index (κ2) is 8.65. The topological polar surface area (TPSA) is 88.1 Å². The van der Waals surface area contributed by atoms with Crippen LogP contribution in [0, 0.1) is 0 Å². The maximum Gasteiger partial charge on any atom is 0.242 e. The third-order valence-corrected chi connectivity index (χ3v) is 6.14. The summed E-state index contributed by atoms with van der Waals surface area (Å²) in [6, 6.07) is 14.4. The Labute approximate surface area is 171 Å². The molecule has 1 aliphatic rings. The summed E-state index contributed by atoms with van der Waals surface area (Å²) in [4.78, 5) is 12.5. The molecule has 0 unspecified atom stereocenters. The number of anilines is 1. The average Bonchev–Trinajstić information content (AvgIpc) is 3.18. The van der Waals surface area contributed by atoms with Crippen molar-refractivity contribution in [2.24, 2.45) is 5.10 Å². The number of hydrogen-bond donors (Lipinski definition) is 1. The summed E-state index contributed by atoms with van der Waals surface area (Å²) >= 11 is 0. The molecule has 29 heavy (non-hydrogen) atoms. The fourth-order valence-corrected chi connectivity index (χ4v) is 3.88. The lowest BCUT2D eigenvalue weighted by Crippen LogP contribution is -2.26. The van der Waals surface area contributed by atoms with Gasteiger partial charge < -0.3 is 4.74 Å². The Kier molecular flexibility index (Phi) is 6.22. The van der Waals surface area contributed by atoms with Gasteiger partial charge in [0.2, 0.25) is 15.9 Å². The maximum atomic E-state index is 12.5. The molecule has 1 aliphatic heterocycles. The fourth-order valence-electron chi connectivity index (χ4n) is 3.24. The number of hydrazone groups is 1. The molecule has 0 aliphatic carbocycles. The van der Waals surface area contributed by atoms with Crippen LogP contribution >= 0.6 is 0 Å². The molecule has 7 nitrogen and oxygen atoms in total. The predicted octanol–water partition coefficient (Wildman–Crippen LogP) is 3.54. The predicted molar refractivity (Wildman–Crippen MR) is 114 cm³/mol. The summed E-state index contributed by atoms with van der Waals surface area (Å²) in [7, 11) is -1.72. The molecular formula is C21H25N3O4S. The van der Waals surface area contributed by atoms with Crippen molar-refractivity contribution in [3.63, 3.8) is 0 Å². The number of sulfonamides is 1. The van der Waals surface area contributed by atoms with Gasteiger partial charge in [0, 0.05) is 24.1 Å². The number of methoxy groups -OCH3 is 1. The van der Waals surface area contributed by atoms with Crippen LogP contribution in [0.1, 0.15) is 43.9 Å². The average molecular weight is 416 g/mol. The third kappa shape index (κ3) is 4.59. The van der Waals surface area contributed by atoms with Crippen molar-refractivity contribution >= 4 is 27.3 Å². The normalized spacial score (nSPS) is 16.4. The maximum absolute atomic E-state index is 12.5. The molecule has 154 valence electrons. The first kappa shape index (κ1) is 20.9. The zero-order valence-corrected chi connectivity index (χ0v) is 17.6. The minimum absolute atomic E-state index is 0.0101. The first-order valence-corrected chi connectivity index (χ1v) is 11.2. The molecular weight excluding hydrogens is 390 g/mol. The molecule has 0 radical (unpaired) electrons. The zero-order chi connectivity index (χ0) is 21.0. The van der Waals surface area contributed by atoms with E-state index in [1.54, 1.807) is 26.2 Å². The zero-order valence-electron chi connectivity index (χ0n) is 16.8. The van der Waals surface area contributed by atoms with Crippen molar-refractivity contribution in [3.8, 4) is 5.75 Å². The quantitative estimate of drug-likeness (QED) is 0.749. The van der Waals surface area contributed by atoms with Crippen molar-refractivity contribution in [3.05, 3.63) is 59.7 Å². The van der Waals surface area contributed by atoms with E-state index >= 15 is 0 Å². The van der Waals surface area contributed by atoms with Crippen LogP contribution < -0.4 is 9.46 Å². The molecule has 0 saturated carbocycles. The van der Waals surface area contributed by atoms with Gasteiger partial charge >= 0.3 is 0 Å². The van der Waals surface area contributed by atoms with Crippen LogP contribution in [0.2, 0.25) is 0 Å². The van der Waals surface area contributed by atoms with Crippen LogP contribution in [0.25, 0.3) is 0 Å². The Balaban J connectivity index is 1.89. The van der Waals surface area contributed by atoms with Gasteiger partial charge in [-0.05, 0) is 30.7 Å². The Hall–Kier alpha value is -2.87. The van der Waals surface area contributed by atoms with Crippen molar-refractivity contribution in [1.29, 1.82) is 0 Å². The second-order valence-corrected chi connectivity index (χ2v) is 8.69. The molecule has 8 heteroatoms. The molecule has 0 saturated heterocycles. The van der Waals surface area contributed by atoms with Gasteiger partial charge in [-0.1, -0.05) is 37.3 Å². The number of nitrogens with zero attached hydrogens (tertiary/aromatic N) is 2. The van der Waals surface area contributed by atoms with Gasteiger partial charge in [0.15, 0.2) is 0 Å². The fraction of sp³-hybridized carbons (Fsp3) is 0.333. The lowest BCUT2D eigenvalue weighted by Gasteiger charge is -2.23. The van der Waals surface area contributed by atoms with Crippen LogP contribution in [0.4, 0.5) is 5.69 Å². The van der Waals surface area contributed by atoms with Gasteiger partial charge in [-0.15, -0.1) is 0 Å². The van der Waals surface area contributed by atoms with E-state index in [-0.39, 0.29) is 17.7 Å². The van der Waals surface area contributed by atoms with Crippen LogP contribution in [0.5, 0.6) is 5.75 Å². The molecule has 2 aromatic rings. The Morgan fingerprint density at radius 1 is 1.17 bits per heavy atom. The molecule has 1 atom stereocenters. The van der Waals surface area contributed by atoms with E-state index in [4.69, 9.17) is 4.74 Å². The van der Waals surface area contributed by atoms with E-state index < -0.39 is 10.0 Å². The van der Waals surface area contributed by atoms with Crippen molar-refractivity contribution in [2.45, 2.75) is 32.7 Å². The monoisotopic (exact) mass is 415 g/mol. The molecule has 1 heterocycles. The van der Waals surface area contributed by atoms with Gasteiger partial charge in [-0.2, -0.15) is 5.10 Å². The van der Waals surface area contributed by atoms with Crippen LogP contribution in [-0.2, 0) is 14.8 Å². The number of amides is 1. The minimum atomic E-state index is -3.33. The highest BCUT2D eigenvalue weighted by Gasteiger charge is 2.33. The van der Waals surface area contributed by atoms with Crippen LogP contribution in [0.3, 0.4) is 0 Å². The third-order valence-electron chi connectivity index (χ3n) is 4.84. The van der Waals surface area contributed by atoms with E-state index in [1.165, 1.54) is 5.01 Å².